The average Bonchev–Trinajstić information content (AvgIpc) is 3.02. The summed E-state index contributed by atoms with van der Waals surface area (Å²) in [7, 11) is 1.55. The fourth-order valence-electron chi connectivity index (χ4n) is 2.83. The molecule has 0 N–H and O–H groups in total. The number of carbonyl (C=O) groups is 1. The summed E-state index contributed by atoms with van der Waals surface area (Å²) in [4.78, 5) is 13.5. The van der Waals surface area contributed by atoms with E-state index in [4.69, 9.17) is 9.26 Å². The molecular weight excluding hydrogens is 337 g/mol. The van der Waals surface area contributed by atoms with Crippen molar-refractivity contribution >= 4 is 5.91 Å². The van der Waals surface area contributed by atoms with Crippen LogP contribution in [0.4, 0.5) is 13.2 Å². The SMILES string of the molecule is COc1cccc(-c2noc3c2CN(C(=O)CCC(F)(F)F)CC3)c1. The summed E-state index contributed by atoms with van der Waals surface area (Å²) in [5, 5.41) is 4.07. The molecule has 0 bridgehead atoms. The van der Waals surface area contributed by atoms with Crippen molar-refractivity contribution in [2.75, 3.05) is 13.7 Å². The predicted octanol–water partition coefficient (Wildman–Crippen LogP) is 3.58. The van der Waals surface area contributed by atoms with Crippen LogP contribution in [0.1, 0.15) is 24.2 Å². The number of aromatic nitrogens is 1. The molecule has 0 unspecified atom stereocenters. The van der Waals surface area contributed by atoms with Crippen LogP contribution in [0.5, 0.6) is 5.75 Å². The van der Waals surface area contributed by atoms with Gasteiger partial charge < -0.3 is 14.2 Å². The fourth-order valence-corrected chi connectivity index (χ4v) is 2.83. The Hall–Kier alpha value is -2.51. The molecule has 8 heteroatoms. The molecule has 1 aliphatic rings. The molecule has 0 saturated carbocycles. The molecule has 2 aromatic rings. The van der Waals surface area contributed by atoms with Crippen LogP contribution in [-0.4, -0.2) is 35.8 Å². The van der Waals surface area contributed by atoms with E-state index in [2.05, 4.69) is 5.16 Å². The average molecular weight is 354 g/mol. The Labute approximate surface area is 142 Å². The topological polar surface area (TPSA) is 55.6 Å². The molecule has 0 radical (unpaired) electrons. The fraction of sp³-hybridized carbons (Fsp3) is 0.412. The number of hydrogen-bond acceptors (Lipinski definition) is 4. The molecule has 1 amide bonds. The summed E-state index contributed by atoms with van der Waals surface area (Å²) in [5.74, 6) is 0.807. The lowest BCUT2D eigenvalue weighted by Crippen LogP contribution is -2.36. The first-order valence-corrected chi connectivity index (χ1v) is 7.84. The highest BCUT2D eigenvalue weighted by molar-refractivity contribution is 5.77. The monoisotopic (exact) mass is 354 g/mol. The standard InChI is InChI=1S/C17H17F3N2O3/c1-24-12-4-2-3-11(9-12)16-13-10-22(8-6-14(13)25-21-16)15(23)5-7-17(18,19)20/h2-4,9H,5-8,10H2,1H3. The van der Waals surface area contributed by atoms with E-state index in [1.165, 1.54) is 4.90 Å². The van der Waals surface area contributed by atoms with Gasteiger partial charge in [-0.15, -0.1) is 0 Å². The maximum atomic E-state index is 12.3. The number of halogens is 3. The third-order valence-corrected chi connectivity index (χ3v) is 4.15. The zero-order valence-corrected chi connectivity index (χ0v) is 13.6. The van der Waals surface area contributed by atoms with Gasteiger partial charge in [0.05, 0.1) is 20.1 Å². The number of rotatable bonds is 4. The lowest BCUT2D eigenvalue weighted by atomic mass is 10.0. The van der Waals surface area contributed by atoms with E-state index in [1.54, 1.807) is 19.2 Å². The second kappa shape index (κ2) is 6.78. The number of hydrogen-bond donors (Lipinski definition) is 0. The minimum absolute atomic E-state index is 0.196. The van der Waals surface area contributed by atoms with Crippen molar-refractivity contribution < 1.29 is 27.2 Å². The number of alkyl halides is 3. The van der Waals surface area contributed by atoms with Crippen LogP contribution < -0.4 is 4.74 Å². The Bertz CT molecular complexity index is 771. The quantitative estimate of drug-likeness (QED) is 0.842. The third kappa shape index (κ3) is 3.94. The highest BCUT2D eigenvalue weighted by Crippen LogP contribution is 2.32. The van der Waals surface area contributed by atoms with Crippen molar-refractivity contribution in [1.29, 1.82) is 0 Å². The Balaban J connectivity index is 1.78. The van der Waals surface area contributed by atoms with Crippen LogP contribution in [0.2, 0.25) is 0 Å². The van der Waals surface area contributed by atoms with Crippen molar-refractivity contribution in [2.45, 2.75) is 32.0 Å². The van der Waals surface area contributed by atoms with Crippen LogP contribution in [0.25, 0.3) is 11.3 Å². The summed E-state index contributed by atoms with van der Waals surface area (Å²) in [6.07, 6.45) is -5.55. The zero-order valence-electron chi connectivity index (χ0n) is 13.6. The van der Waals surface area contributed by atoms with E-state index in [1.807, 2.05) is 12.1 Å². The van der Waals surface area contributed by atoms with Gasteiger partial charge in [0.25, 0.3) is 0 Å². The van der Waals surface area contributed by atoms with E-state index in [-0.39, 0.29) is 6.54 Å². The Morgan fingerprint density at radius 1 is 1.40 bits per heavy atom. The van der Waals surface area contributed by atoms with Gasteiger partial charge in [0.15, 0.2) is 0 Å². The number of fused-ring (bicyclic) bond motifs is 1. The van der Waals surface area contributed by atoms with Crippen LogP contribution >= 0.6 is 0 Å². The molecule has 1 aliphatic heterocycles. The van der Waals surface area contributed by atoms with Crippen molar-refractivity contribution in [3.8, 4) is 17.0 Å². The maximum absolute atomic E-state index is 12.3. The first-order chi connectivity index (χ1) is 11.9. The lowest BCUT2D eigenvalue weighted by Gasteiger charge is -2.26. The Morgan fingerprint density at radius 2 is 2.20 bits per heavy atom. The van der Waals surface area contributed by atoms with Crippen LogP contribution in [0.3, 0.4) is 0 Å². The summed E-state index contributed by atoms with van der Waals surface area (Å²) < 4.78 is 47.5. The van der Waals surface area contributed by atoms with E-state index in [0.29, 0.717) is 30.2 Å². The molecule has 3 rings (SSSR count). The van der Waals surface area contributed by atoms with Gasteiger partial charge in [0.1, 0.15) is 17.2 Å². The predicted molar refractivity (Wildman–Crippen MR) is 82.9 cm³/mol. The molecule has 2 heterocycles. The van der Waals surface area contributed by atoms with Crippen molar-refractivity contribution in [3.63, 3.8) is 0 Å². The molecule has 0 aliphatic carbocycles. The number of amides is 1. The number of benzene rings is 1. The van der Waals surface area contributed by atoms with Gasteiger partial charge in [0, 0.05) is 30.5 Å². The normalized spacial score (nSPS) is 14.3. The molecule has 0 fully saturated rings. The number of ether oxygens (including phenoxy) is 1. The summed E-state index contributed by atoms with van der Waals surface area (Å²) in [5.41, 5.74) is 2.09. The van der Waals surface area contributed by atoms with E-state index in [0.717, 1.165) is 11.1 Å². The zero-order chi connectivity index (χ0) is 18.0. The van der Waals surface area contributed by atoms with E-state index >= 15 is 0 Å². The molecule has 5 nitrogen and oxygen atoms in total. The second-order valence-electron chi connectivity index (χ2n) is 5.85. The summed E-state index contributed by atoms with van der Waals surface area (Å²) >= 11 is 0. The van der Waals surface area contributed by atoms with Crippen molar-refractivity contribution in [3.05, 3.63) is 35.6 Å². The Kier molecular flexibility index (Phi) is 4.69. The highest BCUT2D eigenvalue weighted by Gasteiger charge is 2.31. The highest BCUT2D eigenvalue weighted by atomic mass is 19.4. The number of nitrogens with zero attached hydrogens (tertiary/aromatic N) is 2. The smallest absolute Gasteiger partial charge is 0.389 e. The van der Waals surface area contributed by atoms with Gasteiger partial charge in [0.2, 0.25) is 5.91 Å². The van der Waals surface area contributed by atoms with Gasteiger partial charge in [-0.05, 0) is 12.1 Å². The summed E-state index contributed by atoms with van der Waals surface area (Å²) in [6.45, 7) is 0.526. The maximum Gasteiger partial charge on any atom is 0.389 e. The summed E-state index contributed by atoms with van der Waals surface area (Å²) in [6, 6.07) is 7.24. The molecular formula is C17H17F3N2O3. The molecule has 134 valence electrons. The van der Waals surface area contributed by atoms with Crippen LogP contribution in [0, 0.1) is 0 Å². The van der Waals surface area contributed by atoms with Gasteiger partial charge in [-0.2, -0.15) is 13.2 Å². The molecule has 25 heavy (non-hydrogen) atoms. The van der Waals surface area contributed by atoms with Crippen molar-refractivity contribution in [1.82, 2.24) is 10.1 Å². The third-order valence-electron chi connectivity index (χ3n) is 4.15. The first-order valence-electron chi connectivity index (χ1n) is 7.84. The van der Waals surface area contributed by atoms with Crippen molar-refractivity contribution in [2.24, 2.45) is 0 Å². The van der Waals surface area contributed by atoms with Gasteiger partial charge in [-0.1, -0.05) is 17.3 Å². The van der Waals surface area contributed by atoms with Crippen LogP contribution in [-0.2, 0) is 17.8 Å². The lowest BCUT2D eigenvalue weighted by molar-refractivity contribution is -0.149. The molecule has 0 saturated heterocycles. The number of carbonyl (C=O) groups excluding carboxylic acids is 1. The van der Waals surface area contributed by atoms with Crippen LogP contribution in [0.15, 0.2) is 28.8 Å². The first kappa shape index (κ1) is 17.3. The second-order valence-corrected chi connectivity index (χ2v) is 5.85. The van der Waals surface area contributed by atoms with Gasteiger partial charge >= 0.3 is 6.18 Å². The van der Waals surface area contributed by atoms with E-state index in [9.17, 15) is 18.0 Å². The molecule has 1 aromatic carbocycles. The molecule has 0 spiro atoms. The minimum atomic E-state index is -4.33. The molecule has 1 aromatic heterocycles. The Morgan fingerprint density at radius 3 is 2.92 bits per heavy atom. The van der Waals surface area contributed by atoms with Gasteiger partial charge in [-0.25, -0.2) is 0 Å². The largest absolute Gasteiger partial charge is 0.497 e. The van der Waals surface area contributed by atoms with E-state index < -0.39 is 24.9 Å². The van der Waals surface area contributed by atoms with Gasteiger partial charge in [-0.3, -0.25) is 4.79 Å². The number of methoxy groups -OCH3 is 1. The molecule has 0 atom stereocenters. The minimum Gasteiger partial charge on any atom is -0.497 e.